The lowest BCUT2D eigenvalue weighted by molar-refractivity contribution is -0.133. The van der Waals surface area contributed by atoms with Gasteiger partial charge in [-0.1, -0.05) is 19.8 Å². The largest absolute Gasteiger partial charge is 0.388 e. The van der Waals surface area contributed by atoms with Crippen molar-refractivity contribution < 1.29 is 14.7 Å². The highest BCUT2D eigenvalue weighted by atomic mass is 16.3. The molecule has 5 nitrogen and oxygen atoms in total. The zero-order valence-electron chi connectivity index (χ0n) is 11.7. The molecule has 2 fully saturated rings. The normalized spacial score (nSPS) is 31.6. The Labute approximate surface area is 114 Å². The van der Waals surface area contributed by atoms with Gasteiger partial charge in [-0.3, -0.25) is 9.59 Å². The predicted molar refractivity (Wildman–Crippen MR) is 71.4 cm³/mol. The van der Waals surface area contributed by atoms with Crippen molar-refractivity contribution in [2.75, 3.05) is 19.6 Å². The summed E-state index contributed by atoms with van der Waals surface area (Å²) in [6.45, 7) is 3.24. The molecule has 2 rings (SSSR count). The summed E-state index contributed by atoms with van der Waals surface area (Å²) in [5, 5.41) is 13.2. The Kier molecular flexibility index (Phi) is 4.45. The number of aliphatic hydroxyl groups is 1. The monoisotopic (exact) mass is 268 g/mol. The fraction of sp³-hybridized carbons (Fsp3) is 0.857. The van der Waals surface area contributed by atoms with Crippen LogP contribution in [0.4, 0.5) is 0 Å². The molecule has 19 heavy (non-hydrogen) atoms. The number of likely N-dealkylation sites (tertiary alicyclic amines) is 1. The highest BCUT2D eigenvalue weighted by Crippen LogP contribution is 2.31. The first-order chi connectivity index (χ1) is 8.98. The van der Waals surface area contributed by atoms with Gasteiger partial charge in [0.05, 0.1) is 12.1 Å². The van der Waals surface area contributed by atoms with Gasteiger partial charge >= 0.3 is 0 Å². The number of nitrogens with zero attached hydrogens (tertiary/aromatic N) is 1. The van der Waals surface area contributed by atoms with Crippen molar-refractivity contribution >= 4 is 11.8 Å². The van der Waals surface area contributed by atoms with Gasteiger partial charge in [-0.05, 0) is 25.2 Å². The van der Waals surface area contributed by atoms with Gasteiger partial charge in [-0.2, -0.15) is 0 Å². The Morgan fingerprint density at radius 3 is 2.95 bits per heavy atom. The van der Waals surface area contributed by atoms with E-state index in [4.69, 9.17) is 0 Å². The van der Waals surface area contributed by atoms with Crippen LogP contribution in [-0.2, 0) is 9.59 Å². The average molecular weight is 268 g/mol. The van der Waals surface area contributed by atoms with Gasteiger partial charge in [0, 0.05) is 19.5 Å². The number of amides is 2. The van der Waals surface area contributed by atoms with Crippen LogP contribution in [-0.4, -0.2) is 47.1 Å². The smallest absolute Gasteiger partial charge is 0.239 e. The molecule has 2 aliphatic rings. The summed E-state index contributed by atoms with van der Waals surface area (Å²) in [5.41, 5.74) is -0.762. The van der Waals surface area contributed by atoms with Gasteiger partial charge in [0.15, 0.2) is 0 Å². The van der Waals surface area contributed by atoms with E-state index in [9.17, 15) is 14.7 Å². The number of nitrogens with one attached hydrogen (secondary N) is 1. The molecule has 1 aliphatic carbocycles. The summed E-state index contributed by atoms with van der Waals surface area (Å²) in [7, 11) is 0. The Balaban J connectivity index is 1.75. The average Bonchev–Trinajstić information content (AvgIpc) is 2.72. The first-order valence-electron chi connectivity index (χ1n) is 7.25. The number of hydrogen-bond donors (Lipinski definition) is 2. The molecule has 2 atom stereocenters. The van der Waals surface area contributed by atoms with Crippen molar-refractivity contribution in [2.45, 2.75) is 51.0 Å². The van der Waals surface area contributed by atoms with Crippen LogP contribution in [0, 0.1) is 5.92 Å². The van der Waals surface area contributed by atoms with E-state index < -0.39 is 5.60 Å². The minimum Gasteiger partial charge on any atom is -0.388 e. The topological polar surface area (TPSA) is 69.6 Å². The summed E-state index contributed by atoms with van der Waals surface area (Å²) in [5.74, 6) is 0.401. The third-order valence-electron chi connectivity index (χ3n) is 4.19. The van der Waals surface area contributed by atoms with Crippen LogP contribution in [0.25, 0.3) is 0 Å². The minimum atomic E-state index is -0.762. The van der Waals surface area contributed by atoms with E-state index in [1.807, 2.05) is 0 Å². The lowest BCUT2D eigenvalue weighted by Gasteiger charge is -2.35. The molecule has 0 aromatic rings. The van der Waals surface area contributed by atoms with E-state index in [0.29, 0.717) is 25.4 Å². The highest BCUT2D eigenvalue weighted by molar-refractivity contribution is 5.85. The van der Waals surface area contributed by atoms with E-state index in [0.717, 1.165) is 32.1 Å². The van der Waals surface area contributed by atoms with Crippen molar-refractivity contribution in [3.05, 3.63) is 0 Å². The zero-order chi connectivity index (χ0) is 13.9. The molecule has 0 radical (unpaired) electrons. The van der Waals surface area contributed by atoms with Crippen molar-refractivity contribution in [1.29, 1.82) is 0 Å². The molecule has 2 amide bonds. The van der Waals surface area contributed by atoms with Gasteiger partial charge in [-0.15, -0.1) is 0 Å². The van der Waals surface area contributed by atoms with Gasteiger partial charge in [0.25, 0.3) is 0 Å². The molecule has 2 unspecified atom stereocenters. The lowest BCUT2D eigenvalue weighted by Crippen LogP contribution is -2.48. The van der Waals surface area contributed by atoms with Crippen molar-refractivity contribution in [1.82, 2.24) is 10.2 Å². The summed E-state index contributed by atoms with van der Waals surface area (Å²) in [6, 6.07) is 0. The Bertz CT molecular complexity index is 359. The minimum absolute atomic E-state index is 0.0557. The molecule has 108 valence electrons. The molecule has 1 saturated carbocycles. The summed E-state index contributed by atoms with van der Waals surface area (Å²) in [4.78, 5) is 24.8. The SMILES string of the molecule is CC1CCCC(O)(CNC(=O)CN2CCCC2=O)C1. The van der Waals surface area contributed by atoms with Crippen LogP contribution in [0.3, 0.4) is 0 Å². The first kappa shape index (κ1) is 14.3. The molecule has 2 N–H and O–H groups in total. The molecule has 1 aliphatic heterocycles. The third-order valence-corrected chi connectivity index (χ3v) is 4.19. The van der Waals surface area contributed by atoms with Gasteiger partial charge in [0.2, 0.25) is 11.8 Å². The molecule has 5 heteroatoms. The van der Waals surface area contributed by atoms with E-state index in [1.165, 1.54) is 0 Å². The van der Waals surface area contributed by atoms with E-state index in [1.54, 1.807) is 4.90 Å². The van der Waals surface area contributed by atoms with Crippen molar-refractivity contribution in [3.8, 4) is 0 Å². The second-order valence-electron chi connectivity index (χ2n) is 6.12. The van der Waals surface area contributed by atoms with E-state index in [-0.39, 0.29) is 18.4 Å². The van der Waals surface area contributed by atoms with Gasteiger partial charge in [0.1, 0.15) is 0 Å². The Morgan fingerprint density at radius 2 is 2.32 bits per heavy atom. The Morgan fingerprint density at radius 1 is 1.53 bits per heavy atom. The van der Waals surface area contributed by atoms with Crippen LogP contribution in [0.5, 0.6) is 0 Å². The molecular formula is C14H24N2O3. The number of hydrogen-bond acceptors (Lipinski definition) is 3. The molecule has 0 spiro atoms. The second kappa shape index (κ2) is 5.90. The molecular weight excluding hydrogens is 244 g/mol. The zero-order valence-corrected chi connectivity index (χ0v) is 11.7. The molecule has 0 aromatic carbocycles. The standard InChI is InChI=1S/C14H24N2O3/c1-11-4-2-6-14(19,8-11)10-15-12(17)9-16-7-3-5-13(16)18/h11,19H,2-10H2,1H3,(H,15,17). The van der Waals surface area contributed by atoms with Crippen molar-refractivity contribution in [3.63, 3.8) is 0 Å². The summed E-state index contributed by atoms with van der Waals surface area (Å²) in [6.07, 6.45) is 5.05. The summed E-state index contributed by atoms with van der Waals surface area (Å²) < 4.78 is 0. The number of carbonyl (C=O) groups excluding carboxylic acids is 2. The van der Waals surface area contributed by atoms with Crippen LogP contribution in [0.2, 0.25) is 0 Å². The van der Waals surface area contributed by atoms with E-state index in [2.05, 4.69) is 12.2 Å². The first-order valence-corrected chi connectivity index (χ1v) is 7.25. The van der Waals surface area contributed by atoms with Crippen LogP contribution in [0.1, 0.15) is 45.4 Å². The fourth-order valence-electron chi connectivity index (χ4n) is 3.16. The summed E-state index contributed by atoms with van der Waals surface area (Å²) >= 11 is 0. The Hall–Kier alpha value is -1.10. The molecule has 0 bridgehead atoms. The quantitative estimate of drug-likeness (QED) is 0.787. The lowest BCUT2D eigenvalue weighted by atomic mass is 9.79. The number of carbonyl (C=O) groups is 2. The highest BCUT2D eigenvalue weighted by Gasteiger charge is 2.33. The maximum atomic E-state index is 11.8. The van der Waals surface area contributed by atoms with Gasteiger partial charge in [-0.25, -0.2) is 0 Å². The number of rotatable bonds is 4. The van der Waals surface area contributed by atoms with Gasteiger partial charge < -0.3 is 15.3 Å². The fourth-order valence-corrected chi connectivity index (χ4v) is 3.16. The van der Waals surface area contributed by atoms with Crippen LogP contribution < -0.4 is 5.32 Å². The molecule has 1 heterocycles. The molecule has 1 saturated heterocycles. The van der Waals surface area contributed by atoms with Crippen molar-refractivity contribution in [2.24, 2.45) is 5.92 Å². The molecule has 0 aromatic heterocycles. The van der Waals surface area contributed by atoms with E-state index >= 15 is 0 Å². The maximum absolute atomic E-state index is 11.8. The maximum Gasteiger partial charge on any atom is 0.239 e. The second-order valence-corrected chi connectivity index (χ2v) is 6.12. The third kappa shape index (κ3) is 3.93. The predicted octanol–water partition coefficient (Wildman–Crippen LogP) is 0.666. The van der Waals surface area contributed by atoms with Crippen LogP contribution >= 0.6 is 0 Å². The van der Waals surface area contributed by atoms with Crippen LogP contribution in [0.15, 0.2) is 0 Å².